The van der Waals surface area contributed by atoms with E-state index in [9.17, 15) is 4.79 Å². The molecule has 1 amide bonds. The molecule has 1 N–H and O–H groups in total. The van der Waals surface area contributed by atoms with E-state index in [4.69, 9.17) is 0 Å². The van der Waals surface area contributed by atoms with Crippen LogP contribution in [0, 0.1) is 6.92 Å². The molecule has 0 aliphatic carbocycles. The van der Waals surface area contributed by atoms with Crippen molar-refractivity contribution in [2.45, 2.75) is 25.8 Å². The number of aryl methyl sites for hydroxylation is 1. The van der Waals surface area contributed by atoms with Crippen LogP contribution >= 0.6 is 0 Å². The van der Waals surface area contributed by atoms with Crippen molar-refractivity contribution in [3.8, 4) is 0 Å². The van der Waals surface area contributed by atoms with Gasteiger partial charge in [0.2, 0.25) is 0 Å². The largest absolute Gasteiger partial charge is 0.329 e. The second kappa shape index (κ2) is 5.46. The number of likely N-dealkylation sites (tertiary alicyclic amines) is 1. The summed E-state index contributed by atoms with van der Waals surface area (Å²) in [6.07, 6.45) is 5.36. The maximum Gasteiger partial charge on any atom is 0.275 e. The Morgan fingerprint density at radius 3 is 3.04 bits per heavy atom. The van der Waals surface area contributed by atoms with Crippen molar-refractivity contribution in [1.29, 1.82) is 0 Å². The second-order valence-electron chi connectivity index (χ2n) is 5.86. The first-order valence-corrected chi connectivity index (χ1v) is 7.76. The Morgan fingerprint density at radius 2 is 2.17 bits per heavy atom. The molecule has 4 rings (SSSR count). The van der Waals surface area contributed by atoms with Gasteiger partial charge in [-0.2, -0.15) is 5.10 Å². The molecule has 0 unspecified atom stereocenters. The summed E-state index contributed by atoms with van der Waals surface area (Å²) in [5.74, 6) is -0.0479. The highest BCUT2D eigenvalue weighted by Gasteiger charge is 2.33. The number of fused-ring (bicyclic) bond motifs is 1. The third-order valence-electron chi connectivity index (χ3n) is 4.30. The van der Waals surface area contributed by atoms with Crippen molar-refractivity contribution in [2.24, 2.45) is 0 Å². The van der Waals surface area contributed by atoms with Gasteiger partial charge in [0.25, 0.3) is 5.91 Å². The van der Waals surface area contributed by atoms with Gasteiger partial charge in [-0.25, -0.2) is 0 Å². The van der Waals surface area contributed by atoms with E-state index in [0.29, 0.717) is 5.69 Å². The van der Waals surface area contributed by atoms with Crippen molar-refractivity contribution in [1.82, 2.24) is 25.1 Å². The number of carbonyl (C=O) groups excluding carboxylic acids is 1. The van der Waals surface area contributed by atoms with E-state index >= 15 is 0 Å². The fourth-order valence-corrected chi connectivity index (χ4v) is 3.22. The number of rotatable bonds is 2. The van der Waals surface area contributed by atoms with Crippen molar-refractivity contribution in [3.05, 3.63) is 53.7 Å². The third kappa shape index (κ3) is 2.36. The third-order valence-corrected chi connectivity index (χ3v) is 4.30. The van der Waals surface area contributed by atoms with Crippen LogP contribution in [0.4, 0.5) is 0 Å². The van der Waals surface area contributed by atoms with Crippen LogP contribution in [0.1, 0.15) is 40.8 Å². The lowest BCUT2D eigenvalue weighted by atomic mass is 10.1. The van der Waals surface area contributed by atoms with Crippen LogP contribution in [-0.2, 0) is 0 Å². The number of aromatic amines is 1. The molecule has 1 fully saturated rings. The molecule has 6 heteroatoms. The summed E-state index contributed by atoms with van der Waals surface area (Å²) in [5, 5.41) is 8.02. The second-order valence-corrected chi connectivity index (χ2v) is 5.86. The molecule has 1 aliphatic heterocycles. The summed E-state index contributed by atoms with van der Waals surface area (Å²) in [4.78, 5) is 23.6. The summed E-state index contributed by atoms with van der Waals surface area (Å²) in [5.41, 5.74) is 3.08. The highest BCUT2D eigenvalue weighted by Crippen LogP contribution is 2.32. The van der Waals surface area contributed by atoms with Crippen LogP contribution in [0.2, 0.25) is 0 Å². The Hall–Kier alpha value is -2.76. The highest BCUT2D eigenvalue weighted by molar-refractivity contribution is 6.04. The van der Waals surface area contributed by atoms with E-state index in [1.54, 1.807) is 12.4 Å². The number of para-hydroxylation sites is 1. The van der Waals surface area contributed by atoms with Crippen LogP contribution in [0.5, 0.6) is 0 Å². The van der Waals surface area contributed by atoms with Gasteiger partial charge in [-0.3, -0.25) is 19.9 Å². The Labute approximate surface area is 133 Å². The molecule has 0 bridgehead atoms. The topological polar surface area (TPSA) is 74.8 Å². The molecule has 1 aromatic carbocycles. The van der Waals surface area contributed by atoms with Gasteiger partial charge in [0, 0.05) is 18.1 Å². The molecule has 1 atom stereocenters. The standard InChI is InChI=1S/C17H17N5O/c1-11-9-18-10-14(19-11)15-7-4-8-22(15)17(23)16-12-5-2-3-6-13(12)20-21-16/h2-3,5-6,9-10,15H,4,7-8H2,1H3,(H,20,21)/t15-/m1/s1. The van der Waals surface area contributed by atoms with Gasteiger partial charge in [-0.1, -0.05) is 18.2 Å². The monoisotopic (exact) mass is 307 g/mol. The van der Waals surface area contributed by atoms with Crippen molar-refractivity contribution in [3.63, 3.8) is 0 Å². The number of H-pyrrole nitrogens is 1. The van der Waals surface area contributed by atoms with E-state index < -0.39 is 0 Å². The number of nitrogens with zero attached hydrogens (tertiary/aromatic N) is 4. The lowest BCUT2D eigenvalue weighted by Crippen LogP contribution is -2.31. The summed E-state index contributed by atoms with van der Waals surface area (Å²) >= 11 is 0. The molecule has 0 radical (unpaired) electrons. The number of benzene rings is 1. The minimum atomic E-state index is -0.0479. The number of amides is 1. The van der Waals surface area contributed by atoms with Gasteiger partial charge in [-0.05, 0) is 25.8 Å². The minimum Gasteiger partial charge on any atom is -0.329 e. The molecule has 2 aromatic heterocycles. The van der Waals surface area contributed by atoms with Gasteiger partial charge >= 0.3 is 0 Å². The zero-order valence-corrected chi connectivity index (χ0v) is 12.9. The lowest BCUT2D eigenvalue weighted by Gasteiger charge is -2.23. The van der Waals surface area contributed by atoms with E-state index in [-0.39, 0.29) is 11.9 Å². The Balaban J connectivity index is 1.70. The number of carbonyl (C=O) groups is 1. The van der Waals surface area contributed by atoms with Crippen LogP contribution in [0.15, 0.2) is 36.7 Å². The molecule has 6 nitrogen and oxygen atoms in total. The smallest absolute Gasteiger partial charge is 0.275 e. The van der Waals surface area contributed by atoms with Crippen LogP contribution in [0.25, 0.3) is 10.9 Å². The molecule has 3 heterocycles. The maximum absolute atomic E-state index is 13.0. The van der Waals surface area contributed by atoms with Crippen LogP contribution in [0.3, 0.4) is 0 Å². The fraction of sp³-hybridized carbons (Fsp3) is 0.294. The van der Waals surface area contributed by atoms with Crippen LogP contribution < -0.4 is 0 Å². The number of aromatic nitrogens is 4. The molecule has 1 saturated heterocycles. The molecule has 116 valence electrons. The van der Waals surface area contributed by atoms with Crippen molar-refractivity contribution in [2.75, 3.05) is 6.54 Å². The molecule has 3 aromatic rings. The van der Waals surface area contributed by atoms with Crippen LogP contribution in [-0.4, -0.2) is 37.5 Å². The van der Waals surface area contributed by atoms with Crippen molar-refractivity contribution >= 4 is 16.8 Å². The summed E-state index contributed by atoms with van der Waals surface area (Å²) < 4.78 is 0. The molecule has 23 heavy (non-hydrogen) atoms. The van der Waals surface area contributed by atoms with E-state index in [1.807, 2.05) is 36.1 Å². The summed E-state index contributed by atoms with van der Waals surface area (Å²) in [6, 6.07) is 7.67. The Kier molecular flexibility index (Phi) is 3.29. The van der Waals surface area contributed by atoms with E-state index in [2.05, 4.69) is 20.2 Å². The SMILES string of the molecule is Cc1cncc([C@H]2CCCN2C(=O)c2n[nH]c3ccccc23)n1. The average Bonchev–Trinajstić information content (AvgIpc) is 3.21. The zero-order valence-electron chi connectivity index (χ0n) is 12.9. The predicted octanol–water partition coefficient (Wildman–Crippen LogP) is 2.64. The van der Waals surface area contributed by atoms with Gasteiger partial charge in [0.15, 0.2) is 5.69 Å². The minimum absolute atomic E-state index is 0.0228. The quantitative estimate of drug-likeness (QED) is 0.789. The first kappa shape index (κ1) is 13.9. The first-order chi connectivity index (χ1) is 11.2. The molecule has 1 aliphatic rings. The number of nitrogens with one attached hydrogen (secondary N) is 1. The van der Waals surface area contributed by atoms with Gasteiger partial charge in [-0.15, -0.1) is 0 Å². The lowest BCUT2D eigenvalue weighted by molar-refractivity contribution is 0.0728. The van der Waals surface area contributed by atoms with E-state index in [0.717, 1.165) is 41.7 Å². The average molecular weight is 307 g/mol. The molecular weight excluding hydrogens is 290 g/mol. The van der Waals surface area contributed by atoms with E-state index in [1.165, 1.54) is 0 Å². The van der Waals surface area contributed by atoms with Gasteiger partial charge in [0.05, 0.1) is 29.1 Å². The highest BCUT2D eigenvalue weighted by atomic mass is 16.2. The summed E-state index contributed by atoms with van der Waals surface area (Å²) in [7, 11) is 0. The van der Waals surface area contributed by atoms with Crippen molar-refractivity contribution < 1.29 is 4.79 Å². The summed E-state index contributed by atoms with van der Waals surface area (Å²) in [6.45, 7) is 2.64. The number of hydrogen-bond donors (Lipinski definition) is 1. The first-order valence-electron chi connectivity index (χ1n) is 7.76. The van der Waals surface area contributed by atoms with Gasteiger partial charge in [0.1, 0.15) is 0 Å². The van der Waals surface area contributed by atoms with Gasteiger partial charge < -0.3 is 4.90 Å². The number of hydrogen-bond acceptors (Lipinski definition) is 4. The molecule has 0 spiro atoms. The Morgan fingerprint density at radius 1 is 1.30 bits per heavy atom. The Bertz CT molecular complexity index is 872. The fourth-order valence-electron chi connectivity index (χ4n) is 3.22. The maximum atomic E-state index is 13.0. The normalized spacial score (nSPS) is 17.8. The molecular formula is C17H17N5O. The zero-order chi connectivity index (χ0) is 15.8. The molecule has 0 saturated carbocycles. The predicted molar refractivity (Wildman–Crippen MR) is 85.9 cm³/mol.